The van der Waals surface area contributed by atoms with Crippen LogP contribution in [0.4, 0.5) is 0 Å². The fourth-order valence-electron chi connectivity index (χ4n) is 3.00. The topological polar surface area (TPSA) is 55.6 Å². The van der Waals surface area contributed by atoms with Crippen molar-refractivity contribution >= 4 is 5.97 Å². The van der Waals surface area contributed by atoms with E-state index in [1.165, 1.54) is 20.0 Å². The molecule has 0 aromatic rings. The number of hydrogen-bond donors (Lipinski definition) is 1. The highest BCUT2D eigenvalue weighted by Gasteiger charge is 2.43. The molecule has 0 aromatic carbocycles. The van der Waals surface area contributed by atoms with Crippen LogP contribution in [0.15, 0.2) is 0 Å². The molecule has 2 rings (SSSR count). The Morgan fingerprint density at radius 2 is 2.29 bits per heavy atom. The van der Waals surface area contributed by atoms with E-state index in [1.54, 1.807) is 0 Å². The van der Waals surface area contributed by atoms with Gasteiger partial charge in [0.2, 0.25) is 0 Å². The number of piperidine rings is 1. The molecular formula is C13H24N2O2. The van der Waals surface area contributed by atoms with Crippen LogP contribution in [0.1, 0.15) is 32.1 Å². The van der Waals surface area contributed by atoms with Crippen LogP contribution in [0, 0.1) is 11.3 Å². The lowest BCUT2D eigenvalue weighted by Crippen LogP contribution is -2.42. The molecule has 2 aliphatic rings. The molecule has 1 aliphatic heterocycles. The number of hydrogen-bond acceptors (Lipinski definition) is 4. The van der Waals surface area contributed by atoms with E-state index in [2.05, 4.69) is 4.90 Å². The van der Waals surface area contributed by atoms with E-state index in [4.69, 9.17) is 10.5 Å². The highest BCUT2D eigenvalue weighted by molar-refractivity contribution is 5.72. The van der Waals surface area contributed by atoms with Gasteiger partial charge in [0.15, 0.2) is 0 Å². The van der Waals surface area contributed by atoms with E-state index in [1.807, 2.05) is 0 Å². The molecule has 98 valence electrons. The Bertz CT molecular complexity index is 277. The van der Waals surface area contributed by atoms with Gasteiger partial charge >= 0.3 is 5.97 Å². The quantitative estimate of drug-likeness (QED) is 0.728. The summed E-state index contributed by atoms with van der Waals surface area (Å²) < 4.78 is 4.85. The number of nitrogens with zero attached hydrogens (tertiary/aromatic N) is 1. The summed E-state index contributed by atoms with van der Waals surface area (Å²) in [5.41, 5.74) is 6.14. The highest BCUT2D eigenvalue weighted by Crippen LogP contribution is 2.49. The zero-order valence-electron chi connectivity index (χ0n) is 10.8. The molecule has 0 spiro atoms. The molecule has 1 heterocycles. The molecular weight excluding hydrogens is 216 g/mol. The SMILES string of the molecule is COC(=O)C1CCCN(CC2(CCN)CC2)C1. The zero-order chi connectivity index (χ0) is 12.3. The third-order valence-corrected chi connectivity index (χ3v) is 4.23. The van der Waals surface area contributed by atoms with Crippen LogP contribution in [0.5, 0.6) is 0 Å². The second-order valence-electron chi connectivity index (χ2n) is 5.64. The van der Waals surface area contributed by atoms with E-state index >= 15 is 0 Å². The fourth-order valence-corrected chi connectivity index (χ4v) is 3.00. The van der Waals surface area contributed by atoms with Crippen molar-refractivity contribution in [1.29, 1.82) is 0 Å². The van der Waals surface area contributed by atoms with Crippen LogP contribution in [0.3, 0.4) is 0 Å². The maximum atomic E-state index is 11.6. The van der Waals surface area contributed by atoms with Crippen LogP contribution in [-0.2, 0) is 9.53 Å². The summed E-state index contributed by atoms with van der Waals surface area (Å²) in [6.07, 6.45) is 5.84. The van der Waals surface area contributed by atoms with Gasteiger partial charge in [-0.05, 0) is 50.6 Å². The van der Waals surface area contributed by atoms with E-state index in [0.717, 1.165) is 45.4 Å². The van der Waals surface area contributed by atoms with Gasteiger partial charge in [-0.3, -0.25) is 4.79 Å². The Hall–Kier alpha value is -0.610. The Balaban J connectivity index is 1.83. The van der Waals surface area contributed by atoms with E-state index < -0.39 is 0 Å². The van der Waals surface area contributed by atoms with Crippen molar-refractivity contribution < 1.29 is 9.53 Å². The first-order valence-corrected chi connectivity index (χ1v) is 6.69. The molecule has 1 atom stereocenters. The van der Waals surface area contributed by atoms with Crippen molar-refractivity contribution in [1.82, 2.24) is 4.90 Å². The van der Waals surface area contributed by atoms with E-state index in [9.17, 15) is 4.79 Å². The Morgan fingerprint density at radius 1 is 1.53 bits per heavy atom. The lowest BCUT2D eigenvalue weighted by atomic mass is 9.95. The average molecular weight is 240 g/mol. The molecule has 4 heteroatoms. The van der Waals surface area contributed by atoms with Crippen molar-refractivity contribution in [3.05, 3.63) is 0 Å². The van der Waals surface area contributed by atoms with Crippen molar-refractivity contribution in [2.75, 3.05) is 33.3 Å². The van der Waals surface area contributed by atoms with Crippen LogP contribution in [-0.4, -0.2) is 44.2 Å². The third-order valence-electron chi connectivity index (χ3n) is 4.23. The van der Waals surface area contributed by atoms with Crippen molar-refractivity contribution in [2.24, 2.45) is 17.1 Å². The minimum atomic E-state index is -0.0432. The fraction of sp³-hybridized carbons (Fsp3) is 0.923. The second-order valence-corrected chi connectivity index (χ2v) is 5.64. The zero-order valence-corrected chi connectivity index (χ0v) is 10.8. The highest BCUT2D eigenvalue weighted by atomic mass is 16.5. The van der Waals surface area contributed by atoms with Gasteiger partial charge in [-0.1, -0.05) is 0 Å². The van der Waals surface area contributed by atoms with Crippen molar-refractivity contribution in [3.63, 3.8) is 0 Å². The molecule has 0 radical (unpaired) electrons. The molecule has 1 saturated heterocycles. The molecule has 1 unspecified atom stereocenters. The normalized spacial score (nSPS) is 27.8. The van der Waals surface area contributed by atoms with Crippen LogP contribution >= 0.6 is 0 Å². The summed E-state index contributed by atoms with van der Waals surface area (Å²) in [5, 5.41) is 0. The maximum absolute atomic E-state index is 11.6. The summed E-state index contributed by atoms with van der Waals surface area (Å²) >= 11 is 0. The number of carbonyl (C=O) groups is 1. The molecule has 2 N–H and O–H groups in total. The van der Waals surface area contributed by atoms with Crippen LogP contribution < -0.4 is 5.73 Å². The molecule has 2 fully saturated rings. The summed E-state index contributed by atoms with van der Waals surface area (Å²) in [5.74, 6) is 0.0424. The van der Waals surface area contributed by atoms with Gasteiger partial charge in [0.1, 0.15) is 0 Å². The number of rotatable bonds is 5. The minimum absolute atomic E-state index is 0.0432. The first-order chi connectivity index (χ1) is 8.19. The maximum Gasteiger partial charge on any atom is 0.309 e. The second kappa shape index (κ2) is 5.36. The first kappa shape index (κ1) is 12.8. The minimum Gasteiger partial charge on any atom is -0.469 e. The predicted octanol–water partition coefficient (Wildman–Crippen LogP) is 1.00. The molecule has 0 bridgehead atoms. The van der Waals surface area contributed by atoms with E-state index in [-0.39, 0.29) is 11.9 Å². The van der Waals surface area contributed by atoms with Gasteiger partial charge < -0.3 is 15.4 Å². The standard InChI is InChI=1S/C13H24N2O2/c1-17-12(16)11-3-2-8-15(9-11)10-13(4-5-13)6-7-14/h11H,2-10,14H2,1H3. The number of likely N-dealkylation sites (tertiary alicyclic amines) is 1. The number of ether oxygens (including phenoxy) is 1. The summed E-state index contributed by atoms with van der Waals surface area (Å²) in [4.78, 5) is 14.0. The van der Waals surface area contributed by atoms with Crippen LogP contribution in [0.2, 0.25) is 0 Å². The molecule has 0 aromatic heterocycles. The van der Waals surface area contributed by atoms with Gasteiger partial charge in [0.25, 0.3) is 0 Å². The molecule has 1 aliphatic carbocycles. The number of methoxy groups -OCH3 is 1. The summed E-state index contributed by atoms with van der Waals surface area (Å²) in [6, 6.07) is 0. The van der Waals surface area contributed by atoms with Gasteiger partial charge in [0.05, 0.1) is 13.0 Å². The smallest absolute Gasteiger partial charge is 0.309 e. The van der Waals surface area contributed by atoms with Gasteiger partial charge in [0, 0.05) is 13.1 Å². The largest absolute Gasteiger partial charge is 0.469 e. The van der Waals surface area contributed by atoms with Gasteiger partial charge in [-0.15, -0.1) is 0 Å². The Kier molecular flexibility index (Phi) is 4.05. The summed E-state index contributed by atoms with van der Waals surface area (Å²) in [6.45, 7) is 3.91. The number of esters is 1. The number of carbonyl (C=O) groups excluding carboxylic acids is 1. The molecule has 0 amide bonds. The lowest BCUT2D eigenvalue weighted by Gasteiger charge is -2.34. The Labute approximate surface area is 103 Å². The first-order valence-electron chi connectivity index (χ1n) is 6.69. The molecule has 4 nitrogen and oxygen atoms in total. The average Bonchev–Trinajstić information content (AvgIpc) is 3.08. The third kappa shape index (κ3) is 3.19. The monoisotopic (exact) mass is 240 g/mol. The van der Waals surface area contributed by atoms with Crippen molar-refractivity contribution in [3.8, 4) is 0 Å². The predicted molar refractivity (Wildman–Crippen MR) is 66.5 cm³/mol. The van der Waals surface area contributed by atoms with Gasteiger partial charge in [-0.25, -0.2) is 0 Å². The van der Waals surface area contributed by atoms with E-state index in [0.29, 0.717) is 5.41 Å². The van der Waals surface area contributed by atoms with Gasteiger partial charge in [-0.2, -0.15) is 0 Å². The summed E-state index contributed by atoms with van der Waals surface area (Å²) in [7, 11) is 1.48. The molecule has 17 heavy (non-hydrogen) atoms. The Morgan fingerprint density at radius 3 is 2.88 bits per heavy atom. The molecule has 1 saturated carbocycles. The van der Waals surface area contributed by atoms with Crippen molar-refractivity contribution in [2.45, 2.75) is 32.1 Å². The number of nitrogens with two attached hydrogens (primary N) is 1. The lowest BCUT2D eigenvalue weighted by molar-refractivity contribution is -0.147. The van der Waals surface area contributed by atoms with Crippen LogP contribution in [0.25, 0.3) is 0 Å².